The van der Waals surface area contributed by atoms with Crippen LogP contribution >= 0.6 is 15.9 Å². The zero-order valence-electron chi connectivity index (χ0n) is 8.29. The molecule has 1 rings (SSSR count). The van der Waals surface area contributed by atoms with Crippen molar-refractivity contribution in [3.05, 3.63) is 35.9 Å². The van der Waals surface area contributed by atoms with Crippen LogP contribution in [0.4, 0.5) is 0 Å². The summed E-state index contributed by atoms with van der Waals surface area (Å²) in [5, 5.41) is 0. The Bertz CT molecular complexity index is 301. The lowest BCUT2D eigenvalue weighted by Gasteiger charge is -2.14. The molecule has 0 amide bonds. The quantitative estimate of drug-likeness (QED) is 0.616. The van der Waals surface area contributed by atoms with Gasteiger partial charge in [0, 0.05) is 0 Å². The smallest absolute Gasteiger partial charge is 0.322 e. The zero-order valence-corrected chi connectivity index (χ0v) is 9.87. The van der Waals surface area contributed by atoms with Crippen molar-refractivity contribution in [1.29, 1.82) is 0 Å². The van der Waals surface area contributed by atoms with Gasteiger partial charge in [-0.3, -0.25) is 4.79 Å². The van der Waals surface area contributed by atoms with Crippen LogP contribution in [0.15, 0.2) is 30.3 Å². The molecule has 76 valence electrons. The predicted molar refractivity (Wildman–Crippen MR) is 59.2 cm³/mol. The number of ether oxygens (including phenoxy) is 1. The number of alkyl halides is 1. The van der Waals surface area contributed by atoms with Crippen LogP contribution in [0.1, 0.15) is 19.4 Å². The van der Waals surface area contributed by atoms with Gasteiger partial charge in [-0.15, -0.1) is 0 Å². The molecule has 0 aliphatic carbocycles. The van der Waals surface area contributed by atoms with Crippen LogP contribution < -0.4 is 0 Å². The average Bonchev–Trinajstić information content (AvgIpc) is 2.14. The summed E-state index contributed by atoms with van der Waals surface area (Å²) in [6.45, 7) is 3.86. The molecule has 0 radical (unpaired) electrons. The summed E-state index contributed by atoms with van der Waals surface area (Å²) >= 11 is 3.24. The third-order valence-corrected chi connectivity index (χ3v) is 2.02. The topological polar surface area (TPSA) is 26.3 Å². The molecule has 1 aromatic rings. The van der Waals surface area contributed by atoms with Gasteiger partial charge in [0.25, 0.3) is 0 Å². The average molecular weight is 259 g/mol. The van der Waals surface area contributed by atoms with E-state index >= 15 is 0 Å². The fraction of sp³-hybridized carbons (Fsp3) is 0.364. The fourth-order valence-electron chi connectivity index (χ4n) is 0.895. The third kappa shape index (κ3) is 3.50. The first-order chi connectivity index (χ1) is 6.50. The van der Waals surface area contributed by atoms with Gasteiger partial charge in [0.05, 0.1) is 0 Å². The lowest BCUT2D eigenvalue weighted by atomic mass is 10.2. The van der Waals surface area contributed by atoms with Gasteiger partial charge >= 0.3 is 5.97 Å². The van der Waals surface area contributed by atoms with Crippen molar-refractivity contribution in [3.63, 3.8) is 0 Å². The molecule has 0 N–H and O–H groups in total. The van der Waals surface area contributed by atoms with Crippen LogP contribution in [0.5, 0.6) is 0 Å². The molecule has 0 spiro atoms. The molecule has 2 nitrogen and oxygen atoms in total. The largest absolute Gasteiger partial charge is 0.460 e. The highest BCUT2D eigenvalue weighted by Crippen LogP contribution is 2.18. The van der Waals surface area contributed by atoms with Gasteiger partial charge in [0.15, 0.2) is 0 Å². The monoisotopic (exact) mass is 258 g/mol. The van der Waals surface area contributed by atoms with Crippen LogP contribution in [0.3, 0.4) is 0 Å². The molecule has 0 aromatic heterocycles. The Morgan fingerprint density at radius 1 is 1.50 bits per heavy atom. The van der Waals surface area contributed by atoms with E-state index in [-0.39, 0.29) is 5.97 Å². The van der Waals surface area contributed by atoms with E-state index in [0.717, 1.165) is 5.56 Å². The molecule has 0 saturated carbocycles. The maximum Gasteiger partial charge on any atom is 0.322 e. The summed E-state index contributed by atoms with van der Waals surface area (Å²) in [5.41, 5.74) is 0.998. The number of carbonyl (C=O) groups excluding carboxylic acids is 1. The Hall–Kier alpha value is -0.830. The molecule has 0 saturated heterocycles. The minimum atomic E-state index is -0.609. The SMILES string of the molecule is CC([14CH3])(Br)C(=O)OCc1ccccc1. The van der Waals surface area contributed by atoms with Gasteiger partial charge in [0.1, 0.15) is 10.9 Å². The molecule has 0 fully saturated rings. The first-order valence-electron chi connectivity index (χ1n) is 4.40. The molecular formula is C11H13BrO2. The van der Waals surface area contributed by atoms with Gasteiger partial charge in [-0.05, 0) is 19.4 Å². The number of rotatable bonds is 3. The standard InChI is InChI=1S/C11H13BrO2/c1-11(2,12)10(13)14-8-9-6-4-3-5-7-9/h3-7H,8H2,1-2H3/i1+2. The molecule has 0 bridgehead atoms. The highest BCUT2D eigenvalue weighted by Gasteiger charge is 2.25. The second-order valence-corrected chi connectivity index (χ2v) is 5.52. The maximum absolute atomic E-state index is 11.4. The first-order valence-corrected chi connectivity index (χ1v) is 5.19. The number of carbonyl (C=O) groups is 1. The number of halogens is 1. The Labute approximate surface area is 92.4 Å². The van der Waals surface area contributed by atoms with E-state index in [1.807, 2.05) is 30.3 Å². The van der Waals surface area contributed by atoms with E-state index in [1.165, 1.54) is 0 Å². The van der Waals surface area contributed by atoms with Crippen LogP contribution in [-0.4, -0.2) is 10.3 Å². The van der Waals surface area contributed by atoms with Crippen molar-refractivity contribution < 1.29 is 9.53 Å². The highest BCUT2D eigenvalue weighted by molar-refractivity contribution is 9.10. The minimum Gasteiger partial charge on any atom is -0.460 e. The predicted octanol–water partition coefficient (Wildman–Crippen LogP) is 2.90. The van der Waals surface area contributed by atoms with Crippen molar-refractivity contribution in [3.8, 4) is 0 Å². The van der Waals surface area contributed by atoms with Crippen LogP contribution in [0, 0.1) is 0 Å². The normalized spacial score (nSPS) is 14.5. The zero-order chi connectivity index (χ0) is 10.6. The van der Waals surface area contributed by atoms with Gasteiger partial charge in [0.2, 0.25) is 0 Å². The molecule has 0 aliphatic heterocycles. The Kier molecular flexibility index (Phi) is 3.69. The molecular weight excluding hydrogens is 246 g/mol. The van der Waals surface area contributed by atoms with Crippen molar-refractivity contribution in [2.24, 2.45) is 0 Å². The van der Waals surface area contributed by atoms with Crippen LogP contribution in [-0.2, 0) is 16.1 Å². The van der Waals surface area contributed by atoms with E-state index < -0.39 is 4.32 Å². The van der Waals surface area contributed by atoms with Crippen LogP contribution in [0.2, 0.25) is 0 Å². The van der Waals surface area contributed by atoms with Crippen molar-refractivity contribution in [1.82, 2.24) is 0 Å². The van der Waals surface area contributed by atoms with E-state index in [1.54, 1.807) is 13.8 Å². The van der Waals surface area contributed by atoms with E-state index in [2.05, 4.69) is 15.9 Å². The molecule has 1 atom stereocenters. The lowest BCUT2D eigenvalue weighted by molar-refractivity contribution is -0.146. The van der Waals surface area contributed by atoms with Gasteiger partial charge < -0.3 is 4.74 Å². The molecule has 14 heavy (non-hydrogen) atoms. The molecule has 3 heteroatoms. The molecule has 1 aromatic carbocycles. The fourth-order valence-corrected chi connectivity index (χ4v) is 1.01. The summed E-state index contributed by atoms with van der Waals surface area (Å²) in [5.74, 6) is -0.249. The van der Waals surface area contributed by atoms with Gasteiger partial charge in [-0.1, -0.05) is 46.3 Å². The molecule has 0 heterocycles. The molecule has 0 aliphatic rings. The highest BCUT2D eigenvalue weighted by atomic mass is 79.9. The maximum atomic E-state index is 11.4. The summed E-state index contributed by atoms with van der Waals surface area (Å²) in [6.07, 6.45) is 0. The van der Waals surface area contributed by atoms with E-state index in [9.17, 15) is 4.79 Å². The van der Waals surface area contributed by atoms with E-state index in [0.29, 0.717) is 6.61 Å². The second-order valence-electron chi connectivity index (χ2n) is 3.53. The summed E-state index contributed by atoms with van der Waals surface area (Å²) in [4.78, 5) is 11.4. The van der Waals surface area contributed by atoms with Crippen molar-refractivity contribution in [2.75, 3.05) is 0 Å². The van der Waals surface area contributed by atoms with Gasteiger partial charge in [-0.25, -0.2) is 0 Å². The number of hydrogen-bond donors (Lipinski definition) is 0. The van der Waals surface area contributed by atoms with E-state index in [4.69, 9.17) is 4.74 Å². The Balaban J connectivity index is 2.46. The van der Waals surface area contributed by atoms with Crippen molar-refractivity contribution in [2.45, 2.75) is 24.8 Å². The lowest BCUT2D eigenvalue weighted by Crippen LogP contribution is -2.26. The molecule has 1 unspecified atom stereocenters. The first kappa shape index (κ1) is 11.2. The van der Waals surface area contributed by atoms with Gasteiger partial charge in [-0.2, -0.15) is 0 Å². The van der Waals surface area contributed by atoms with Crippen molar-refractivity contribution >= 4 is 21.9 Å². The minimum absolute atomic E-state index is 0.249. The second kappa shape index (κ2) is 4.60. The summed E-state index contributed by atoms with van der Waals surface area (Å²) in [7, 11) is 0. The Morgan fingerprint density at radius 2 is 2.07 bits per heavy atom. The summed E-state index contributed by atoms with van der Waals surface area (Å²) in [6, 6.07) is 9.62. The van der Waals surface area contributed by atoms with Crippen LogP contribution in [0.25, 0.3) is 0 Å². The Morgan fingerprint density at radius 3 is 2.57 bits per heavy atom. The number of benzene rings is 1. The number of esters is 1. The third-order valence-electron chi connectivity index (χ3n) is 1.70. The number of hydrogen-bond acceptors (Lipinski definition) is 2. The summed E-state index contributed by atoms with van der Waals surface area (Å²) < 4.78 is 4.50.